The van der Waals surface area contributed by atoms with E-state index >= 15 is 0 Å². The molecular formula is C21H28ClN3O2S. The van der Waals surface area contributed by atoms with Crippen LogP contribution < -0.4 is 10.6 Å². The van der Waals surface area contributed by atoms with E-state index < -0.39 is 5.41 Å². The molecule has 152 valence electrons. The lowest BCUT2D eigenvalue weighted by molar-refractivity contribution is -0.130. The Labute approximate surface area is 176 Å². The smallest absolute Gasteiger partial charge is 0.234 e. The normalized spacial score (nSPS) is 17.6. The van der Waals surface area contributed by atoms with Crippen LogP contribution in [0.25, 0.3) is 11.3 Å². The first-order valence-electron chi connectivity index (χ1n) is 9.72. The Morgan fingerprint density at radius 2 is 2.04 bits per heavy atom. The van der Waals surface area contributed by atoms with E-state index in [0.29, 0.717) is 11.7 Å². The molecule has 0 spiro atoms. The standard InChI is InChI=1S/C21H27N3O2S.ClH/c1-14-18(17-7-6-15-4-3-5-16(15)12-17)23-20(27-14)24-19(25)21(13-26-2)8-10-22-11-9-21;/h6-7,12,22H,3-5,8-11,13H2,1-2H3,(H,23,24,25);1H. The third-order valence-electron chi connectivity index (χ3n) is 5.85. The lowest BCUT2D eigenvalue weighted by Crippen LogP contribution is -2.47. The average molecular weight is 422 g/mol. The summed E-state index contributed by atoms with van der Waals surface area (Å²) in [6.45, 7) is 4.20. The first kappa shape index (κ1) is 21.2. The maximum Gasteiger partial charge on any atom is 0.234 e. The zero-order valence-electron chi connectivity index (χ0n) is 16.5. The van der Waals surface area contributed by atoms with E-state index in [1.165, 1.54) is 24.0 Å². The van der Waals surface area contributed by atoms with Crippen LogP contribution >= 0.6 is 23.7 Å². The van der Waals surface area contributed by atoms with Crippen molar-refractivity contribution in [3.8, 4) is 11.3 Å². The first-order valence-corrected chi connectivity index (χ1v) is 10.5. The van der Waals surface area contributed by atoms with Crippen molar-refractivity contribution in [2.24, 2.45) is 5.41 Å². The van der Waals surface area contributed by atoms with Crippen molar-refractivity contribution in [2.45, 2.75) is 39.0 Å². The minimum absolute atomic E-state index is 0. The van der Waals surface area contributed by atoms with Gasteiger partial charge in [-0.05, 0) is 69.3 Å². The summed E-state index contributed by atoms with van der Waals surface area (Å²) in [4.78, 5) is 18.9. The van der Waals surface area contributed by atoms with Crippen molar-refractivity contribution in [3.63, 3.8) is 0 Å². The van der Waals surface area contributed by atoms with Gasteiger partial charge < -0.3 is 15.4 Å². The van der Waals surface area contributed by atoms with E-state index in [0.717, 1.165) is 48.5 Å². The molecule has 0 saturated carbocycles. The highest BCUT2D eigenvalue weighted by Crippen LogP contribution is 2.35. The minimum Gasteiger partial charge on any atom is -0.384 e. The lowest BCUT2D eigenvalue weighted by Gasteiger charge is -2.35. The number of nitrogens with one attached hydrogen (secondary N) is 2. The molecule has 1 aromatic heterocycles. The lowest BCUT2D eigenvalue weighted by atomic mass is 9.79. The second kappa shape index (κ2) is 8.91. The van der Waals surface area contributed by atoms with Crippen LogP contribution in [-0.2, 0) is 22.4 Å². The Morgan fingerprint density at radius 1 is 1.29 bits per heavy atom. The number of hydrogen-bond donors (Lipinski definition) is 2. The van der Waals surface area contributed by atoms with Crippen molar-refractivity contribution < 1.29 is 9.53 Å². The number of rotatable bonds is 5. The van der Waals surface area contributed by atoms with Crippen LogP contribution in [0.5, 0.6) is 0 Å². The summed E-state index contributed by atoms with van der Waals surface area (Å²) in [5.41, 5.74) is 4.58. The Hall–Kier alpha value is -1.47. The number of fused-ring (bicyclic) bond motifs is 1. The van der Waals surface area contributed by atoms with Gasteiger partial charge in [-0.2, -0.15) is 0 Å². The second-order valence-corrected chi connectivity index (χ2v) is 8.88. The van der Waals surface area contributed by atoms with E-state index in [1.807, 2.05) is 0 Å². The predicted octanol–water partition coefficient (Wildman–Crippen LogP) is 3.98. The molecule has 28 heavy (non-hydrogen) atoms. The van der Waals surface area contributed by atoms with Crippen LogP contribution in [0.4, 0.5) is 5.13 Å². The van der Waals surface area contributed by atoms with Crippen molar-refractivity contribution in [1.29, 1.82) is 0 Å². The monoisotopic (exact) mass is 421 g/mol. The highest BCUT2D eigenvalue weighted by molar-refractivity contribution is 7.16. The van der Waals surface area contributed by atoms with Crippen molar-refractivity contribution in [2.75, 3.05) is 32.1 Å². The summed E-state index contributed by atoms with van der Waals surface area (Å²) >= 11 is 1.55. The Bertz CT molecular complexity index is 841. The summed E-state index contributed by atoms with van der Waals surface area (Å²) in [6.07, 6.45) is 5.16. The van der Waals surface area contributed by atoms with E-state index in [9.17, 15) is 4.79 Å². The fourth-order valence-corrected chi connectivity index (χ4v) is 5.12. The van der Waals surface area contributed by atoms with Gasteiger partial charge in [-0.3, -0.25) is 4.79 Å². The Morgan fingerprint density at radius 3 is 2.79 bits per heavy atom. The molecule has 1 aliphatic carbocycles. The van der Waals surface area contributed by atoms with Gasteiger partial charge in [0.05, 0.1) is 17.7 Å². The molecule has 7 heteroatoms. The number of hydrogen-bond acceptors (Lipinski definition) is 5. The number of benzene rings is 1. The number of nitrogens with zero attached hydrogens (tertiary/aromatic N) is 1. The number of carbonyl (C=O) groups is 1. The molecule has 0 atom stereocenters. The summed E-state index contributed by atoms with van der Waals surface area (Å²) in [7, 11) is 1.66. The van der Waals surface area contributed by atoms with E-state index in [-0.39, 0.29) is 18.3 Å². The van der Waals surface area contributed by atoms with E-state index in [1.54, 1.807) is 18.4 Å². The molecule has 0 radical (unpaired) electrons. The highest BCUT2D eigenvalue weighted by Gasteiger charge is 2.40. The number of amides is 1. The van der Waals surface area contributed by atoms with Crippen molar-refractivity contribution >= 4 is 34.8 Å². The molecular weight excluding hydrogens is 394 g/mol. The van der Waals surface area contributed by atoms with Crippen molar-refractivity contribution in [1.82, 2.24) is 10.3 Å². The Balaban J connectivity index is 0.00000225. The maximum absolute atomic E-state index is 13.0. The van der Waals surface area contributed by atoms with Gasteiger partial charge in [0, 0.05) is 17.6 Å². The topological polar surface area (TPSA) is 63.2 Å². The van der Waals surface area contributed by atoms with Gasteiger partial charge in [-0.1, -0.05) is 12.1 Å². The minimum atomic E-state index is -0.465. The third kappa shape index (κ3) is 4.10. The van der Waals surface area contributed by atoms with Crippen LogP contribution in [0.3, 0.4) is 0 Å². The summed E-state index contributed by atoms with van der Waals surface area (Å²) < 4.78 is 5.38. The molecule has 2 heterocycles. The SMILES string of the molecule is COCC1(C(=O)Nc2nc(-c3ccc4c(c3)CCC4)c(C)s2)CCNCC1.Cl. The van der Waals surface area contributed by atoms with Gasteiger partial charge in [0.1, 0.15) is 0 Å². The molecule has 2 N–H and O–H groups in total. The molecule has 1 fully saturated rings. The number of thiazole rings is 1. The number of piperidine rings is 1. The summed E-state index contributed by atoms with van der Waals surface area (Å²) in [5, 5.41) is 7.09. The number of ether oxygens (including phenoxy) is 1. The molecule has 0 unspecified atom stereocenters. The van der Waals surface area contributed by atoms with Crippen molar-refractivity contribution in [3.05, 3.63) is 34.2 Å². The van der Waals surface area contributed by atoms with Gasteiger partial charge in [0.2, 0.25) is 5.91 Å². The van der Waals surface area contributed by atoms with E-state index in [4.69, 9.17) is 9.72 Å². The van der Waals surface area contributed by atoms with E-state index in [2.05, 4.69) is 35.8 Å². The van der Waals surface area contributed by atoms with Crippen LogP contribution in [0.15, 0.2) is 18.2 Å². The highest BCUT2D eigenvalue weighted by atomic mass is 35.5. The molecule has 1 aliphatic heterocycles. The number of aromatic nitrogens is 1. The van der Waals surface area contributed by atoms with Gasteiger partial charge in [-0.15, -0.1) is 23.7 Å². The zero-order valence-corrected chi connectivity index (χ0v) is 18.1. The molecule has 2 aliphatic rings. The van der Waals surface area contributed by atoms with Crippen LogP contribution in [-0.4, -0.2) is 37.7 Å². The third-order valence-corrected chi connectivity index (χ3v) is 6.74. The number of methoxy groups -OCH3 is 1. The number of anilines is 1. The fraction of sp³-hybridized carbons (Fsp3) is 0.524. The first-order chi connectivity index (χ1) is 13.1. The largest absolute Gasteiger partial charge is 0.384 e. The fourth-order valence-electron chi connectivity index (χ4n) is 4.29. The van der Waals surface area contributed by atoms with Crippen LogP contribution in [0.1, 0.15) is 35.3 Å². The predicted molar refractivity (Wildman–Crippen MR) is 117 cm³/mol. The molecule has 1 amide bonds. The molecule has 5 nitrogen and oxygen atoms in total. The number of halogens is 1. The van der Waals surface area contributed by atoms with Gasteiger partial charge in [0.15, 0.2) is 5.13 Å². The quantitative estimate of drug-likeness (QED) is 0.766. The summed E-state index contributed by atoms with van der Waals surface area (Å²) in [5.74, 6) is 0.0279. The van der Waals surface area contributed by atoms with Gasteiger partial charge in [0.25, 0.3) is 0 Å². The van der Waals surface area contributed by atoms with Crippen LogP contribution in [0.2, 0.25) is 0 Å². The van der Waals surface area contributed by atoms with Crippen LogP contribution in [0, 0.1) is 12.3 Å². The molecule has 2 aromatic rings. The average Bonchev–Trinajstić information content (AvgIpc) is 3.28. The van der Waals surface area contributed by atoms with Gasteiger partial charge in [-0.25, -0.2) is 4.98 Å². The number of aryl methyl sites for hydroxylation is 3. The molecule has 4 rings (SSSR count). The zero-order chi connectivity index (χ0) is 18.9. The second-order valence-electron chi connectivity index (χ2n) is 7.68. The Kier molecular flexibility index (Phi) is 6.76. The van der Waals surface area contributed by atoms with Gasteiger partial charge >= 0.3 is 0 Å². The number of carbonyl (C=O) groups excluding carboxylic acids is 1. The summed E-state index contributed by atoms with van der Waals surface area (Å²) in [6, 6.07) is 6.67. The molecule has 1 saturated heterocycles. The maximum atomic E-state index is 13.0. The molecule has 0 bridgehead atoms. The molecule has 1 aromatic carbocycles.